The van der Waals surface area contributed by atoms with Crippen LogP contribution in [0.1, 0.15) is 30.8 Å². The van der Waals surface area contributed by atoms with E-state index >= 15 is 0 Å². The molecule has 0 aliphatic rings. The molecule has 0 atom stereocenters. The largest absolute Gasteiger partial charge is 0.369 e. The fourth-order valence-electron chi connectivity index (χ4n) is 2.30. The molecule has 2 aromatic rings. The van der Waals surface area contributed by atoms with E-state index in [0.717, 1.165) is 35.4 Å². The number of aryl methyl sites for hydroxylation is 2. The van der Waals surface area contributed by atoms with Crippen LogP contribution in [0.5, 0.6) is 0 Å². The van der Waals surface area contributed by atoms with Crippen LogP contribution in [0, 0.1) is 11.3 Å². The van der Waals surface area contributed by atoms with Gasteiger partial charge in [-0.05, 0) is 47.5 Å². The van der Waals surface area contributed by atoms with E-state index in [4.69, 9.17) is 5.26 Å². The molecule has 21 heavy (non-hydrogen) atoms. The second-order valence-electron chi connectivity index (χ2n) is 4.89. The van der Waals surface area contributed by atoms with E-state index in [1.807, 2.05) is 36.0 Å². The molecule has 1 aromatic carbocycles. The minimum absolute atomic E-state index is 0.677. The van der Waals surface area contributed by atoms with Gasteiger partial charge < -0.3 is 4.90 Å². The van der Waals surface area contributed by atoms with Crippen molar-refractivity contribution in [2.24, 2.45) is 0 Å². The molecule has 2 rings (SSSR count). The van der Waals surface area contributed by atoms with Crippen LogP contribution in [-0.2, 0) is 19.5 Å². The Kier molecular flexibility index (Phi) is 5.03. The van der Waals surface area contributed by atoms with Gasteiger partial charge >= 0.3 is 0 Å². The lowest BCUT2D eigenvalue weighted by atomic mass is 10.2. The van der Waals surface area contributed by atoms with Crippen LogP contribution in [0.2, 0.25) is 0 Å². The van der Waals surface area contributed by atoms with E-state index in [9.17, 15) is 0 Å². The van der Waals surface area contributed by atoms with Gasteiger partial charge in [0, 0.05) is 19.3 Å². The molecule has 4 nitrogen and oxygen atoms in total. The minimum atomic E-state index is 0.677. The zero-order valence-corrected chi connectivity index (χ0v) is 14.2. The first-order chi connectivity index (χ1) is 10.1. The van der Waals surface area contributed by atoms with Crippen LogP contribution < -0.4 is 4.90 Å². The van der Waals surface area contributed by atoms with Crippen LogP contribution in [-0.4, -0.2) is 16.8 Å². The molecule has 0 fully saturated rings. The van der Waals surface area contributed by atoms with Crippen molar-refractivity contribution in [3.8, 4) is 6.07 Å². The second kappa shape index (κ2) is 6.77. The molecule has 0 spiro atoms. The minimum Gasteiger partial charge on any atom is -0.369 e. The fraction of sp³-hybridized carbons (Fsp3) is 0.375. The highest BCUT2D eigenvalue weighted by atomic mass is 79.9. The molecule has 1 aromatic heterocycles. The maximum atomic E-state index is 9.00. The molecule has 110 valence electrons. The van der Waals surface area contributed by atoms with Gasteiger partial charge in [0.1, 0.15) is 0 Å². The summed E-state index contributed by atoms with van der Waals surface area (Å²) in [7, 11) is 2.03. The van der Waals surface area contributed by atoms with Crippen LogP contribution in [0.25, 0.3) is 0 Å². The maximum absolute atomic E-state index is 9.00. The molecule has 0 N–H and O–H groups in total. The van der Waals surface area contributed by atoms with Crippen molar-refractivity contribution in [3.05, 3.63) is 45.7 Å². The molecule has 0 aliphatic heterocycles. The highest BCUT2D eigenvalue weighted by molar-refractivity contribution is 9.10. The summed E-state index contributed by atoms with van der Waals surface area (Å²) in [4.78, 5) is 2.13. The molecule has 0 aliphatic carbocycles. The number of hydrogen-bond acceptors (Lipinski definition) is 3. The summed E-state index contributed by atoms with van der Waals surface area (Å²) in [5, 5.41) is 13.6. The Morgan fingerprint density at radius 2 is 2.14 bits per heavy atom. The van der Waals surface area contributed by atoms with E-state index in [1.165, 1.54) is 5.69 Å². The van der Waals surface area contributed by atoms with Crippen molar-refractivity contribution in [3.63, 3.8) is 0 Å². The van der Waals surface area contributed by atoms with Crippen LogP contribution in [0.3, 0.4) is 0 Å². The highest BCUT2D eigenvalue weighted by Crippen LogP contribution is 2.25. The third-order valence-electron chi connectivity index (χ3n) is 3.50. The van der Waals surface area contributed by atoms with Gasteiger partial charge in [-0.15, -0.1) is 0 Å². The third-order valence-corrected chi connectivity index (χ3v) is 4.41. The zero-order valence-electron chi connectivity index (χ0n) is 12.6. The molecule has 5 heteroatoms. The number of halogens is 1. The van der Waals surface area contributed by atoms with Crippen molar-refractivity contribution in [1.29, 1.82) is 5.26 Å². The first-order valence-corrected chi connectivity index (χ1v) is 7.85. The summed E-state index contributed by atoms with van der Waals surface area (Å²) in [5.41, 5.74) is 3.96. The Morgan fingerprint density at radius 1 is 1.38 bits per heavy atom. The molecule has 0 unspecified atom stereocenters. The summed E-state index contributed by atoms with van der Waals surface area (Å²) in [6, 6.07) is 9.83. The van der Waals surface area contributed by atoms with E-state index in [-0.39, 0.29) is 0 Å². The van der Waals surface area contributed by atoms with Crippen LogP contribution >= 0.6 is 15.9 Å². The van der Waals surface area contributed by atoms with E-state index in [2.05, 4.69) is 45.8 Å². The standard InChI is InChI=1S/C16H19BrN4/c1-4-14-16(17)15(21(5-2)19-14)11-20(3)13-8-6-7-12(9-13)10-18/h6-9H,4-5,11H2,1-3H3. The molecule has 0 saturated carbocycles. The summed E-state index contributed by atoms with van der Waals surface area (Å²) in [5.74, 6) is 0. The lowest BCUT2D eigenvalue weighted by Gasteiger charge is -2.20. The first kappa shape index (κ1) is 15.6. The number of aromatic nitrogens is 2. The Labute approximate surface area is 134 Å². The fourth-order valence-corrected chi connectivity index (χ4v) is 2.99. The van der Waals surface area contributed by atoms with Gasteiger partial charge in [0.2, 0.25) is 0 Å². The average Bonchev–Trinajstić information content (AvgIpc) is 2.83. The van der Waals surface area contributed by atoms with Crippen molar-refractivity contribution in [2.75, 3.05) is 11.9 Å². The van der Waals surface area contributed by atoms with Crippen molar-refractivity contribution >= 4 is 21.6 Å². The van der Waals surface area contributed by atoms with Crippen molar-refractivity contribution < 1.29 is 0 Å². The van der Waals surface area contributed by atoms with E-state index in [1.54, 1.807) is 0 Å². The topological polar surface area (TPSA) is 44.9 Å². The Balaban J connectivity index is 2.29. The summed E-state index contributed by atoms with van der Waals surface area (Å²) in [6.07, 6.45) is 0.911. The Hall–Kier alpha value is -1.80. The average molecular weight is 347 g/mol. The number of benzene rings is 1. The summed E-state index contributed by atoms with van der Waals surface area (Å²) in [6.45, 7) is 5.80. The Morgan fingerprint density at radius 3 is 2.76 bits per heavy atom. The first-order valence-electron chi connectivity index (χ1n) is 7.06. The predicted molar refractivity (Wildman–Crippen MR) is 88.2 cm³/mol. The quantitative estimate of drug-likeness (QED) is 0.828. The number of hydrogen-bond donors (Lipinski definition) is 0. The zero-order chi connectivity index (χ0) is 15.4. The number of rotatable bonds is 5. The maximum Gasteiger partial charge on any atom is 0.0992 e. The summed E-state index contributed by atoms with van der Waals surface area (Å²) >= 11 is 3.67. The third kappa shape index (κ3) is 3.27. The SMILES string of the molecule is CCc1nn(CC)c(CN(C)c2cccc(C#N)c2)c1Br. The molecular formula is C16H19BrN4. The lowest BCUT2D eigenvalue weighted by molar-refractivity contribution is 0.609. The van der Waals surface area contributed by atoms with Gasteiger partial charge in [0.25, 0.3) is 0 Å². The van der Waals surface area contributed by atoms with Crippen LogP contribution in [0.15, 0.2) is 28.7 Å². The monoisotopic (exact) mass is 346 g/mol. The van der Waals surface area contributed by atoms with Gasteiger partial charge in [-0.3, -0.25) is 4.68 Å². The molecule has 0 saturated heterocycles. The van der Waals surface area contributed by atoms with Crippen LogP contribution in [0.4, 0.5) is 5.69 Å². The molecular weight excluding hydrogens is 328 g/mol. The smallest absolute Gasteiger partial charge is 0.0992 e. The molecule has 1 heterocycles. The highest BCUT2D eigenvalue weighted by Gasteiger charge is 2.15. The van der Waals surface area contributed by atoms with Gasteiger partial charge in [0.15, 0.2) is 0 Å². The second-order valence-corrected chi connectivity index (χ2v) is 5.69. The van der Waals surface area contributed by atoms with Crippen molar-refractivity contribution in [2.45, 2.75) is 33.4 Å². The number of nitriles is 1. The van der Waals surface area contributed by atoms with Crippen molar-refractivity contribution in [1.82, 2.24) is 9.78 Å². The lowest BCUT2D eigenvalue weighted by Crippen LogP contribution is -2.19. The Bertz CT molecular complexity index is 669. The number of anilines is 1. The van der Waals surface area contributed by atoms with Gasteiger partial charge in [-0.1, -0.05) is 13.0 Å². The molecule has 0 bridgehead atoms. The normalized spacial score (nSPS) is 10.4. The van der Waals surface area contributed by atoms with E-state index < -0.39 is 0 Å². The van der Waals surface area contributed by atoms with Gasteiger partial charge in [0.05, 0.1) is 34.0 Å². The van der Waals surface area contributed by atoms with Gasteiger partial charge in [-0.25, -0.2) is 0 Å². The predicted octanol–water partition coefficient (Wildman–Crippen LogP) is 3.74. The number of nitrogens with zero attached hydrogens (tertiary/aromatic N) is 4. The molecule has 0 amide bonds. The van der Waals surface area contributed by atoms with E-state index in [0.29, 0.717) is 5.56 Å². The summed E-state index contributed by atoms with van der Waals surface area (Å²) < 4.78 is 3.13. The molecule has 0 radical (unpaired) electrons. The van der Waals surface area contributed by atoms with Gasteiger partial charge in [-0.2, -0.15) is 10.4 Å².